The van der Waals surface area contributed by atoms with Crippen molar-refractivity contribution in [3.8, 4) is 0 Å². The number of halogens is 3. The first-order chi connectivity index (χ1) is 8.91. The van der Waals surface area contributed by atoms with Crippen molar-refractivity contribution in [1.82, 2.24) is 4.98 Å². The van der Waals surface area contributed by atoms with Crippen molar-refractivity contribution in [1.29, 1.82) is 0 Å². The fourth-order valence-corrected chi connectivity index (χ4v) is 1.78. The van der Waals surface area contributed by atoms with E-state index in [1.807, 2.05) is 0 Å². The Morgan fingerprint density at radius 1 is 1.47 bits per heavy atom. The highest BCUT2D eigenvalue weighted by Crippen LogP contribution is 2.35. The second-order valence-corrected chi connectivity index (χ2v) is 4.58. The molecule has 1 aromatic rings. The molecule has 6 heteroatoms. The molecule has 0 spiro atoms. The molecule has 1 heterocycles. The molecule has 1 aromatic heterocycles. The van der Waals surface area contributed by atoms with Gasteiger partial charge in [0.15, 0.2) is 0 Å². The standard InChI is InChI=1S/C13H15F3N2O/c1-19-11(12(17)8-2-3-8)6-10-5-4-9(7-18-10)13(14,15)16/h4-8,12H,2-3,17H2,1H3/b11-6+/t12-/m0/s1. The maximum absolute atomic E-state index is 12.4. The Labute approximate surface area is 109 Å². The molecular weight excluding hydrogens is 257 g/mol. The summed E-state index contributed by atoms with van der Waals surface area (Å²) in [4.78, 5) is 3.76. The summed E-state index contributed by atoms with van der Waals surface area (Å²) in [7, 11) is 1.50. The Morgan fingerprint density at radius 2 is 2.16 bits per heavy atom. The van der Waals surface area contributed by atoms with Crippen LogP contribution in [0.25, 0.3) is 6.08 Å². The lowest BCUT2D eigenvalue weighted by atomic mass is 10.1. The van der Waals surface area contributed by atoms with Crippen molar-refractivity contribution in [3.05, 3.63) is 35.3 Å². The number of rotatable bonds is 4. The van der Waals surface area contributed by atoms with Crippen LogP contribution >= 0.6 is 0 Å². The van der Waals surface area contributed by atoms with Crippen LogP contribution in [-0.2, 0) is 10.9 Å². The quantitative estimate of drug-likeness (QED) is 0.857. The lowest BCUT2D eigenvalue weighted by Crippen LogP contribution is -2.25. The molecule has 2 rings (SSSR count). The number of aromatic nitrogens is 1. The second-order valence-electron chi connectivity index (χ2n) is 4.58. The number of hydrogen-bond acceptors (Lipinski definition) is 3. The summed E-state index contributed by atoms with van der Waals surface area (Å²) in [5, 5.41) is 0. The van der Waals surface area contributed by atoms with Gasteiger partial charge < -0.3 is 10.5 Å². The molecule has 0 saturated heterocycles. The first-order valence-corrected chi connectivity index (χ1v) is 5.96. The molecule has 1 fully saturated rings. The molecule has 0 aliphatic heterocycles. The van der Waals surface area contributed by atoms with E-state index in [1.165, 1.54) is 13.2 Å². The third-order valence-corrected chi connectivity index (χ3v) is 3.10. The van der Waals surface area contributed by atoms with Gasteiger partial charge in [0.1, 0.15) is 5.76 Å². The van der Waals surface area contributed by atoms with Crippen LogP contribution in [0, 0.1) is 5.92 Å². The summed E-state index contributed by atoms with van der Waals surface area (Å²) in [5.74, 6) is 0.954. The first-order valence-electron chi connectivity index (χ1n) is 5.96. The number of methoxy groups -OCH3 is 1. The largest absolute Gasteiger partial charge is 0.499 e. The van der Waals surface area contributed by atoms with E-state index in [9.17, 15) is 13.2 Å². The molecule has 0 bridgehead atoms. The molecule has 1 atom stereocenters. The van der Waals surface area contributed by atoms with Crippen LogP contribution in [0.4, 0.5) is 13.2 Å². The first kappa shape index (κ1) is 13.9. The summed E-state index contributed by atoms with van der Waals surface area (Å²) in [5.41, 5.74) is 5.61. The Morgan fingerprint density at radius 3 is 2.58 bits per heavy atom. The molecule has 0 unspecified atom stereocenters. The number of ether oxygens (including phenoxy) is 1. The highest BCUT2D eigenvalue weighted by Gasteiger charge is 2.32. The van der Waals surface area contributed by atoms with Gasteiger partial charge in [-0.25, -0.2) is 0 Å². The van der Waals surface area contributed by atoms with Crippen LogP contribution < -0.4 is 5.73 Å². The van der Waals surface area contributed by atoms with E-state index in [1.54, 1.807) is 6.08 Å². The Kier molecular flexibility index (Phi) is 3.80. The van der Waals surface area contributed by atoms with E-state index < -0.39 is 11.7 Å². The van der Waals surface area contributed by atoms with E-state index in [0.717, 1.165) is 25.1 Å². The van der Waals surface area contributed by atoms with Gasteiger partial charge in [-0.3, -0.25) is 4.98 Å². The summed E-state index contributed by atoms with van der Waals surface area (Å²) < 4.78 is 42.4. The van der Waals surface area contributed by atoms with Crippen LogP contribution in [0.15, 0.2) is 24.1 Å². The molecule has 1 saturated carbocycles. The van der Waals surface area contributed by atoms with Gasteiger partial charge in [-0.05, 0) is 30.9 Å². The number of alkyl halides is 3. The van der Waals surface area contributed by atoms with Crippen molar-refractivity contribution in [3.63, 3.8) is 0 Å². The van der Waals surface area contributed by atoms with Gasteiger partial charge in [0.25, 0.3) is 0 Å². The maximum atomic E-state index is 12.4. The van der Waals surface area contributed by atoms with Crippen LogP contribution in [0.5, 0.6) is 0 Å². The molecule has 104 valence electrons. The van der Waals surface area contributed by atoms with Crippen molar-refractivity contribution in [2.75, 3.05) is 7.11 Å². The SMILES string of the molecule is CO/C(=C/c1ccc(C(F)(F)F)cn1)[C@@H](N)C1CC1. The summed E-state index contributed by atoms with van der Waals surface area (Å²) >= 11 is 0. The van der Waals surface area contributed by atoms with Gasteiger partial charge in [-0.1, -0.05) is 0 Å². The average molecular weight is 272 g/mol. The molecule has 0 radical (unpaired) electrons. The molecule has 0 amide bonds. The Bertz CT molecular complexity index is 464. The molecule has 2 N–H and O–H groups in total. The van der Waals surface area contributed by atoms with Gasteiger partial charge in [0.2, 0.25) is 0 Å². The van der Waals surface area contributed by atoms with Crippen LogP contribution in [-0.4, -0.2) is 18.1 Å². The highest BCUT2D eigenvalue weighted by molar-refractivity contribution is 5.49. The minimum Gasteiger partial charge on any atom is -0.499 e. The van der Waals surface area contributed by atoms with Gasteiger partial charge in [0, 0.05) is 12.3 Å². The van der Waals surface area contributed by atoms with Crippen molar-refractivity contribution in [2.24, 2.45) is 11.7 Å². The molecule has 1 aliphatic rings. The minimum absolute atomic E-state index is 0.214. The predicted molar refractivity (Wildman–Crippen MR) is 64.9 cm³/mol. The number of nitrogens with zero attached hydrogens (tertiary/aromatic N) is 1. The van der Waals surface area contributed by atoms with E-state index in [2.05, 4.69) is 4.98 Å². The van der Waals surface area contributed by atoms with Crippen molar-refractivity contribution >= 4 is 6.08 Å². The van der Waals surface area contributed by atoms with Gasteiger partial charge in [-0.2, -0.15) is 13.2 Å². The fourth-order valence-electron chi connectivity index (χ4n) is 1.78. The summed E-state index contributed by atoms with van der Waals surface area (Å²) in [6.45, 7) is 0. The lowest BCUT2D eigenvalue weighted by Gasteiger charge is -2.14. The zero-order valence-corrected chi connectivity index (χ0v) is 10.4. The third kappa shape index (κ3) is 3.47. The Balaban J connectivity index is 2.16. The van der Waals surface area contributed by atoms with Gasteiger partial charge >= 0.3 is 6.18 Å². The zero-order valence-electron chi connectivity index (χ0n) is 10.4. The molecule has 3 nitrogen and oxygen atoms in total. The number of pyridine rings is 1. The van der Waals surface area contributed by atoms with Crippen molar-refractivity contribution in [2.45, 2.75) is 25.1 Å². The van der Waals surface area contributed by atoms with E-state index >= 15 is 0 Å². The smallest absolute Gasteiger partial charge is 0.417 e. The van der Waals surface area contributed by atoms with Crippen LogP contribution in [0.2, 0.25) is 0 Å². The summed E-state index contributed by atoms with van der Waals surface area (Å²) in [6, 6.07) is 2.09. The molecule has 1 aliphatic carbocycles. The van der Waals surface area contributed by atoms with Crippen LogP contribution in [0.3, 0.4) is 0 Å². The second kappa shape index (κ2) is 5.21. The highest BCUT2D eigenvalue weighted by atomic mass is 19.4. The number of hydrogen-bond donors (Lipinski definition) is 1. The van der Waals surface area contributed by atoms with Gasteiger partial charge in [-0.15, -0.1) is 0 Å². The minimum atomic E-state index is -4.37. The normalized spacial score (nSPS) is 18.3. The maximum Gasteiger partial charge on any atom is 0.417 e. The van der Waals surface area contributed by atoms with E-state index in [-0.39, 0.29) is 6.04 Å². The topological polar surface area (TPSA) is 48.1 Å². The predicted octanol–water partition coefficient (Wildman–Crippen LogP) is 2.83. The average Bonchev–Trinajstić information content (AvgIpc) is 3.19. The Hall–Kier alpha value is -1.56. The monoisotopic (exact) mass is 272 g/mol. The summed E-state index contributed by atoms with van der Waals surface area (Å²) in [6.07, 6.45) is 0.138. The van der Waals surface area contributed by atoms with E-state index in [4.69, 9.17) is 10.5 Å². The molecular formula is C13H15F3N2O. The fraction of sp³-hybridized carbons (Fsp3) is 0.462. The van der Waals surface area contributed by atoms with Crippen molar-refractivity contribution < 1.29 is 17.9 Å². The van der Waals surface area contributed by atoms with E-state index in [0.29, 0.717) is 17.4 Å². The third-order valence-electron chi connectivity index (χ3n) is 3.10. The molecule has 0 aromatic carbocycles. The zero-order chi connectivity index (χ0) is 14.0. The number of nitrogens with two attached hydrogens (primary N) is 1. The van der Waals surface area contributed by atoms with Crippen LogP contribution in [0.1, 0.15) is 24.1 Å². The molecule has 19 heavy (non-hydrogen) atoms. The lowest BCUT2D eigenvalue weighted by molar-refractivity contribution is -0.137. The van der Waals surface area contributed by atoms with Gasteiger partial charge in [0.05, 0.1) is 24.4 Å².